The highest BCUT2D eigenvalue weighted by molar-refractivity contribution is 5.75. The summed E-state index contributed by atoms with van der Waals surface area (Å²) in [4.78, 5) is 11.5. The highest BCUT2D eigenvalue weighted by Crippen LogP contribution is 2.32. The quantitative estimate of drug-likeness (QED) is 0.837. The van der Waals surface area contributed by atoms with Crippen LogP contribution in [0.25, 0.3) is 0 Å². The molecule has 110 valence electrons. The number of amides is 1. The van der Waals surface area contributed by atoms with Crippen LogP contribution in [0.1, 0.15) is 50.5 Å². The van der Waals surface area contributed by atoms with Gasteiger partial charge in [-0.25, -0.2) is 0 Å². The maximum absolute atomic E-state index is 11.5. The first-order chi connectivity index (χ1) is 9.81. The van der Waals surface area contributed by atoms with E-state index in [9.17, 15) is 4.79 Å². The SMILES string of the molecule is CCNC(=O)CCNC1CCCCC1c1ccccc1. The van der Waals surface area contributed by atoms with E-state index in [1.807, 2.05) is 6.92 Å². The fraction of sp³-hybridized carbons (Fsp3) is 0.588. The van der Waals surface area contributed by atoms with E-state index < -0.39 is 0 Å². The lowest BCUT2D eigenvalue weighted by atomic mass is 9.80. The molecule has 1 amide bonds. The second kappa shape index (κ2) is 8.05. The lowest BCUT2D eigenvalue weighted by molar-refractivity contribution is -0.120. The molecule has 1 aliphatic carbocycles. The van der Waals surface area contributed by atoms with Gasteiger partial charge in [0.15, 0.2) is 0 Å². The number of carbonyl (C=O) groups excluding carboxylic acids is 1. The largest absolute Gasteiger partial charge is 0.356 e. The van der Waals surface area contributed by atoms with Crippen molar-refractivity contribution in [1.29, 1.82) is 0 Å². The summed E-state index contributed by atoms with van der Waals surface area (Å²) in [6.45, 7) is 3.45. The van der Waals surface area contributed by atoms with Crippen molar-refractivity contribution >= 4 is 5.91 Å². The first-order valence-corrected chi connectivity index (χ1v) is 7.86. The van der Waals surface area contributed by atoms with Gasteiger partial charge in [-0.2, -0.15) is 0 Å². The Morgan fingerprint density at radius 1 is 1.20 bits per heavy atom. The number of nitrogens with one attached hydrogen (secondary N) is 2. The highest BCUT2D eigenvalue weighted by Gasteiger charge is 2.25. The lowest BCUT2D eigenvalue weighted by Crippen LogP contribution is -2.39. The zero-order chi connectivity index (χ0) is 14.2. The van der Waals surface area contributed by atoms with E-state index in [2.05, 4.69) is 41.0 Å². The number of carbonyl (C=O) groups is 1. The predicted molar refractivity (Wildman–Crippen MR) is 82.7 cm³/mol. The number of hydrogen-bond donors (Lipinski definition) is 2. The van der Waals surface area contributed by atoms with Crippen LogP contribution in [0.5, 0.6) is 0 Å². The first kappa shape index (κ1) is 15.0. The molecule has 0 saturated heterocycles. The summed E-state index contributed by atoms with van der Waals surface area (Å²) in [5, 5.41) is 6.45. The molecule has 20 heavy (non-hydrogen) atoms. The third-order valence-electron chi connectivity index (χ3n) is 4.13. The Kier molecular flexibility index (Phi) is 6.06. The van der Waals surface area contributed by atoms with Crippen molar-refractivity contribution in [2.45, 2.75) is 51.0 Å². The molecule has 1 saturated carbocycles. The van der Waals surface area contributed by atoms with Gasteiger partial charge in [0.1, 0.15) is 0 Å². The fourth-order valence-corrected chi connectivity index (χ4v) is 3.13. The third-order valence-corrected chi connectivity index (χ3v) is 4.13. The van der Waals surface area contributed by atoms with Crippen molar-refractivity contribution in [2.24, 2.45) is 0 Å². The monoisotopic (exact) mass is 274 g/mol. The summed E-state index contributed by atoms with van der Waals surface area (Å²) in [6.07, 6.45) is 5.65. The zero-order valence-electron chi connectivity index (χ0n) is 12.4. The number of hydrogen-bond acceptors (Lipinski definition) is 2. The molecule has 0 aromatic heterocycles. The van der Waals surface area contributed by atoms with Crippen LogP contribution in [0.2, 0.25) is 0 Å². The Morgan fingerprint density at radius 2 is 1.95 bits per heavy atom. The Labute approximate surface area is 122 Å². The molecule has 2 unspecified atom stereocenters. The Morgan fingerprint density at radius 3 is 2.70 bits per heavy atom. The smallest absolute Gasteiger partial charge is 0.221 e. The lowest BCUT2D eigenvalue weighted by Gasteiger charge is -2.32. The number of rotatable bonds is 6. The van der Waals surface area contributed by atoms with Gasteiger partial charge in [-0.05, 0) is 31.2 Å². The van der Waals surface area contributed by atoms with Crippen molar-refractivity contribution in [3.8, 4) is 0 Å². The van der Waals surface area contributed by atoms with E-state index in [0.717, 1.165) is 13.1 Å². The van der Waals surface area contributed by atoms with E-state index in [-0.39, 0.29) is 5.91 Å². The molecule has 3 heteroatoms. The van der Waals surface area contributed by atoms with E-state index in [4.69, 9.17) is 0 Å². The molecule has 0 radical (unpaired) electrons. The fourth-order valence-electron chi connectivity index (χ4n) is 3.13. The molecule has 3 nitrogen and oxygen atoms in total. The standard InChI is InChI=1S/C17H26N2O/c1-2-18-17(20)12-13-19-16-11-7-6-10-15(16)14-8-4-3-5-9-14/h3-5,8-9,15-16,19H,2,6-7,10-13H2,1H3,(H,18,20). The minimum atomic E-state index is 0.145. The predicted octanol–water partition coefficient (Wildman–Crippen LogP) is 2.83. The van der Waals surface area contributed by atoms with Gasteiger partial charge in [0, 0.05) is 25.6 Å². The summed E-state index contributed by atoms with van der Waals surface area (Å²) in [5.41, 5.74) is 1.43. The summed E-state index contributed by atoms with van der Waals surface area (Å²) < 4.78 is 0. The van der Waals surface area contributed by atoms with Crippen LogP contribution in [0.4, 0.5) is 0 Å². The van der Waals surface area contributed by atoms with Crippen molar-refractivity contribution < 1.29 is 4.79 Å². The summed E-state index contributed by atoms with van der Waals surface area (Å²) in [6, 6.07) is 11.3. The molecular formula is C17H26N2O. The number of benzene rings is 1. The summed E-state index contributed by atoms with van der Waals surface area (Å²) in [7, 11) is 0. The van der Waals surface area contributed by atoms with E-state index in [0.29, 0.717) is 18.4 Å². The molecule has 0 bridgehead atoms. The van der Waals surface area contributed by atoms with Crippen LogP contribution < -0.4 is 10.6 Å². The van der Waals surface area contributed by atoms with E-state index in [1.54, 1.807) is 0 Å². The third kappa shape index (κ3) is 4.34. The zero-order valence-corrected chi connectivity index (χ0v) is 12.4. The Balaban J connectivity index is 1.86. The normalized spacial score (nSPS) is 22.4. The average Bonchev–Trinajstić information content (AvgIpc) is 2.49. The van der Waals surface area contributed by atoms with Gasteiger partial charge in [-0.15, -0.1) is 0 Å². The van der Waals surface area contributed by atoms with Crippen molar-refractivity contribution in [2.75, 3.05) is 13.1 Å². The van der Waals surface area contributed by atoms with Gasteiger partial charge in [0.2, 0.25) is 5.91 Å². The van der Waals surface area contributed by atoms with E-state index >= 15 is 0 Å². The van der Waals surface area contributed by atoms with Gasteiger partial charge >= 0.3 is 0 Å². The summed E-state index contributed by atoms with van der Waals surface area (Å²) in [5.74, 6) is 0.742. The second-order valence-corrected chi connectivity index (χ2v) is 5.57. The maximum atomic E-state index is 11.5. The molecule has 2 rings (SSSR count). The average molecular weight is 274 g/mol. The summed E-state index contributed by atoms with van der Waals surface area (Å²) >= 11 is 0. The molecule has 0 spiro atoms. The van der Waals surface area contributed by atoms with Crippen LogP contribution in [-0.4, -0.2) is 25.0 Å². The van der Waals surface area contributed by atoms with Crippen molar-refractivity contribution in [3.05, 3.63) is 35.9 Å². The van der Waals surface area contributed by atoms with Crippen LogP contribution in [0, 0.1) is 0 Å². The molecule has 2 atom stereocenters. The van der Waals surface area contributed by atoms with Crippen LogP contribution >= 0.6 is 0 Å². The molecule has 0 aliphatic heterocycles. The van der Waals surface area contributed by atoms with Gasteiger partial charge in [-0.3, -0.25) is 4.79 Å². The molecule has 2 N–H and O–H groups in total. The second-order valence-electron chi connectivity index (χ2n) is 5.57. The van der Waals surface area contributed by atoms with Crippen LogP contribution in [-0.2, 0) is 4.79 Å². The molecule has 1 aromatic carbocycles. The van der Waals surface area contributed by atoms with Gasteiger partial charge in [-0.1, -0.05) is 43.2 Å². The van der Waals surface area contributed by atoms with Gasteiger partial charge in [0.05, 0.1) is 0 Å². The Hall–Kier alpha value is -1.35. The van der Waals surface area contributed by atoms with E-state index in [1.165, 1.54) is 31.2 Å². The van der Waals surface area contributed by atoms with Gasteiger partial charge < -0.3 is 10.6 Å². The maximum Gasteiger partial charge on any atom is 0.221 e. The van der Waals surface area contributed by atoms with Crippen LogP contribution in [0.3, 0.4) is 0 Å². The molecular weight excluding hydrogens is 248 g/mol. The first-order valence-electron chi connectivity index (χ1n) is 7.86. The topological polar surface area (TPSA) is 41.1 Å². The minimum absolute atomic E-state index is 0.145. The molecule has 1 aliphatic rings. The van der Waals surface area contributed by atoms with Crippen molar-refractivity contribution in [3.63, 3.8) is 0 Å². The molecule has 0 heterocycles. The minimum Gasteiger partial charge on any atom is -0.356 e. The Bertz CT molecular complexity index is 405. The molecule has 1 fully saturated rings. The highest BCUT2D eigenvalue weighted by atomic mass is 16.1. The van der Waals surface area contributed by atoms with Gasteiger partial charge in [0.25, 0.3) is 0 Å². The van der Waals surface area contributed by atoms with Crippen molar-refractivity contribution in [1.82, 2.24) is 10.6 Å². The molecule has 1 aromatic rings. The van der Waals surface area contributed by atoms with Crippen LogP contribution in [0.15, 0.2) is 30.3 Å².